The van der Waals surface area contributed by atoms with Gasteiger partial charge < -0.3 is 0 Å². The van der Waals surface area contributed by atoms with Gasteiger partial charge in [-0.2, -0.15) is 5.10 Å². The summed E-state index contributed by atoms with van der Waals surface area (Å²) >= 11 is 0. The third kappa shape index (κ3) is 2.70. The van der Waals surface area contributed by atoms with E-state index >= 15 is 0 Å². The maximum Gasteiger partial charge on any atom is 0.153 e. The monoisotopic (exact) mass is 255 g/mol. The highest BCUT2D eigenvalue weighted by molar-refractivity contribution is 5.28. The minimum atomic E-state index is 0.485. The first-order chi connectivity index (χ1) is 9.15. The van der Waals surface area contributed by atoms with Crippen molar-refractivity contribution in [3.05, 3.63) is 41.9 Å². The van der Waals surface area contributed by atoms with Crippen LogP contribution in [0.5, 0.6) is 0 Å². The van der Waals surface area contributed by atoms with E-state index in [4.69, 9.17) is 0 Å². The molecule has 1 saturated carbocycles. The van der Waals surface area contributed by atoms with Crippen LogP contribution in [0.2, 0.25) is 0 Å². The van der Waals surface area contributed by atoms with Gasteiger partial charge >= 0.3 is 0 Å². The fourth-order valence-electron chi connectivity index (χ4n) is 3.14. The van der Waals surface area contributed by atoms with Gasteiger partial charge in [0, 0.05) is 12.4 Å². The topological polar surface area (TPSA) is 30.7 Å². The molecule has 0 bridgehead atoms. The third-order valence-electron chi connectivity index (χ3n) is 4.21. The van der Waals surface area contributed by atoms with Gasteiger partial charge in [0.25, 0.3) is 0 Å². The van der Waals surface area contributed by atoms with E-state index in [1.807, 2.05) is 30.1 Å². The van der Waals surface area contributed by atoms with Gasteiger partial charge in [-0.3, -0.25) is 0 Å². The van der Waals surface area contributed by atoms with E-state index in [-0.39, 0.29) is 0 Å². The van der Waals surface area contributed by atoms with Gasteiger partial charge in [0.2, 0.25) is 0 Å². The van der Waals surface area contributed by atoms with Crippen molar-refractivity contribution in [3.63, 3.8) is 0 Å². The molecule has 0 atom stereocenters. The van der Waals surface area contributed by atoms with Crippen LogP contribution in [-0.2, 0) is 6.42 Å². The largest absolute Gasteiger partial charge is 0.237 e. The van der Waals surface area contributed by atoms with Crippen LogP contribution in [0, 0.1) is 12.3 Å². The lowest BCUT2D eigenvalue weighted by Gasteiger charge is -2.23. The fraction of sp³-hybridized carbons (Fsp3) is 0.500. The van der Waals surface area contributed by atoms with Gasteiger partial charge in [0.15, 0.2) is 5.82 Å². The molecule has 100 valence electrons. The van der Waals surface area contributed by atoms with Gasteiger partial charge in [0.1, 0.15) is 0 Å². The first kappa shape index (κ1) is 12.4. The molecule has 0 aromatic carbocycles. The molecule has 3 nitrogen and oxygen atoms in total. The smallest absolute Gasteiger partial charge is 0.153 e. The Labute approximate surface area is 114 Å². The van der Waals surface area contributed by atoms with Crippen LogP contribution in [0.4, 0.5) is 0 Å². The first-order valence-electron chi connectivity index (χ1n) is 7.12. The summed E-state index contributed by atoms with van der Waals surface area (Å²) in [4.78, 5) is 4.42. The average molecular weight is 255 g/mol. The summed E-state index contributed by atoms with van der Waals surface area (Å²) in [5.41, 5.74) is 2.89. The zero-order valence-electron chi connectivity index (χ0n) is 11.8. The number of nitrogens with zero attached hydrogens (tertiary/aromatic N) is 3. The van der Waals surface area contributed by atoms with Gasteiger partial charge in [0.05, 0.1) is 5.69 Å². The molecule has 0 spiro atoms. The number of aryl methyl sites for hydroxylation is 1. The summed E-state index contributed by atoms with van der Waals surface area (Å²) in [6.07, 6.45) is 10.5. The second-order valence-corrected chi connectivity index (χ2v) is 6.12. The Morgan fingerprint density at radius 2 is 2.05 bits per heavy atom. The highest BCUT2D eigenvalue weighted by atomic mass is 15.3. The number of hydrogen-bond donors (Lipinski definition) is 0. The van der Waals surface area contributed by atoms with E-state index in [9.17, 15) is 0 Å². The molecule has 2 aromatic rings. The molecule has 1 aliphatic rings. The molecule has 0 N–H and O–H groups in total. The summed E-state index contributed by atoms with van der Waals surface area (Å²) in [5, 5.41) is 4.43. The quantitative estimate of drug-likeness (QED) is 0.837. The molecule has 0 saturated heterocycles. The Bertz CT molecular complexity index is 565. The lowest BCUT2D eigenvalue weighted by Crippen LogP contribution is -2.15. The van der Waals surface area contributed by atoms with E-state index in [0.29, 0.717) is 5.41 Å². The molecule has 0 unspecified atom stereocenters. The zero-order valence-corrected chi connectivity index (χ0v) is 11.8. The van der Waals surface area contributed by atoms with Crippen LogP contribution in [0.15, 0.2) is 30.6 Å². The van der Waals surface area contributed by atoms with Crippen molar-refractivity contribution in [2.45, 2.75) is 46.0 Å². The predicted octanol–water partition coefficient (Wildman–Crippen LogP) is 3.70. The van der Waals surface area contributed by atoms with Crippen molar-refractivity contribution < 1.29 is 0 Å². The van der Waals surface area contributed by atoms with Crippen LogP contribution in [0.25, 0.3) is 5.82 Å². The third-order valence-corrected chi connectivity index (χ3v) is 4.21. The van der Waals surface area contributed by atoms with E-state index in [2.05, 4.69) is 29.1 Å². The number of rotatable bonds is 3. The van der Waals surface area contributed by atoms with Crippen LogP contribution in [0.1, 0.15) is 43.9 Å². The van der Waals surface area contributed by atoms with E-state index in [1.54, 1.807) is 0 Å². The van der Waals surface area contributed by atoms with Crippen LogP contribution in [0.3, 0.4) is 0 Å². The maximum atomic E-state index is 4.43. The van der Waals surface area contributed by atoms with Crippen LogP contribution >= 0.6 is 0 Å². The minimum absolute atomic E-state index is 0.485. The standard InChI is InChI=1S/C16H21N3/c1-13-6-10-19(18-13)15-11-14(5-9-17-15)12-16(2)7-3-4-8-16/h5-6,9-11H,3-4,7-8,12H2,1-2H3. The Morgan fingerprint density at radius 1 is 1.26 bits per heavy atom. The molecule has 2 heterocycles. The van der Waals surface area contributed by atoms with Gasteiger partial charge in [-0.1, -0.05) is 19.8 Å². The summed E-state index contributed by atoms with van der Waals surface area (Å²) in [7, 11) is 0. The zero-order chi connectivity index (χ0) is 13.3. The Balaban J connectivity index is 1.83. The van der Waals surface area contributed by atoms with E-state index in [1.165, 1.54) is 31.2 Å². The van der Waals surface area contributed by atoms with E-state index in [0.717, 1.165) is 17.9 Å². The Hall–Kier alpha value is -1.64. The molecule has 19 heavy (non-hydrogen) atoms. The van der Waals surface area contributed by atoms with Gasteiger partial charge in [-0.05, 0) is 55.4 Å². The molecule has 1 aliphatic carbocycles. The summed E-state index contributed by atoms with van der Waals surface area (Å²) in [6, 6.07) is 6.33. The number of hydrogen-bond acceptors (Lipinski definition) is 2. The minimum Gasteiger partial charge on any atom is -0.237 e. The van der Waals surface area contributed by atoms with Crippen molar-refractivity contribution >= 4 is 0 Å². The average Bonchev–Trinajstić information content (AvgIpc) is 2.99. The van der Waals surface area contributed by atoms with Gasteiger partial charge in [-0.15, -0.1) is 0 Å². The first-order valence-corrected chi connectivity index (χ1v) is 7.12. The Kier molecular flexibility index (Phi) is 3.13. The lowest BCUT2D eigenvalue weighted by atomic mass is 9.82. The highest BCUT2D eigenvalue weighted by Gasteiger charge is 2.28. The molecule has 3 heteroatoms. The molecule has 0 amide bonds. The van der Waals surface area contributed by atoms with Gasteiger partial charge in [-0.25, -0.2) is 9.67 Å². The summed E-state index contributed by atoms with van der Waals surface area (Å²) in [6.45, 7) is 4.41. The lowest BCUT2D eigenvalue weighted by molar-refractivity contribution is 0.334. The maximum absolute atomic E-state index is 4.43. The van der Waals surface area contributed by atoms with Crippen molar-refractivity contribution in [2.24, 2.45) is 5.41 Å². The molecule has 2 aromatic heterocycles. The fourth-order valence-corrected chi connectivity index (χ4v) is 3.14. The molecular formula is C16H21N3. The van der Waals surface area contributed by atoms with Crippen LogP contribution in [-0.4, -0.2) is 14.8 Å². The van der Waals surface area contributed by atoms with Crippen molar-refractivity contribution in [3.8, 4) is 5.82 Å². The number of pyridine rings is 1. The normalized spacial score (nSPS) is 17.8. The summed E-state index contributed by atoms with van der Waals surface area (Å²) < 4.78 is 1.86. The van der Waals surface area contributed by atoms with Crippen molar-refractivity contribution in [1.82, 2.24) is 14.8 Å². The second-order valence-electron chi connectivity index (χ2n) is 6.12. The van der Waals surface area contributed by atoms with Crippen LogP contribution < -0.4 is 0 Å². The molecule has 3 rings (SSSR count). The summed E-state index contributed by atoms with van der Waals surface area (Å²) in [5.74, 6) is 0.923. The predicted molar refractivity (Wildman–Crippen MR) is 76.4 cm³/mol. The molecule has 0 aliphatic heterocycles. The SMILES string of the molecule is Cc1ccn(-c2cc(CC3(C)CCCC3)ccn2)n1. The second kappa shape index (κ2) is 4.80. The molecule has 1 fully saturated rings. The van der Waals surface area contributed by atoms with E-state index < -0.39 is 0 Å². The molecule has 0 radical (unpaired) electrons. The van der Waals surface area contributed by atoms with Crippen molar-refractivity contribution in [2.75, 3.05) is 0 Å². The molecular weight excluding hydrogens is 234 g/mol. The number of aromatic nitrogens is 3. The Morgan fingerprint density at radius 3 is 2.74 bits per heavy atom. The highest BCUT2D eigenvalue weighted by Crippen LogP contribution is 2.40. The van der Waals surface area contributed by atoms with Crippen molar-refractivity contribution in [1.29, 1.82) is 0 Å².